The highest BCUT2D eigenvalue weighted by atomic mass is 19.4. The summed E-state index contributed by atoms with van der Waals surface area (Å²) in [7, 11) is 0. The Morgan fingerprint density at radius 2 is 1.85 bits per heavy atom. The molecule has 3 nitrogen and oxygen atoms in total. The van der Waals surface area contributed by atoms with Crippen LogP contribution in [0.3, 0.4) is 0 Å². The predicted molar refractivity (Wildman–Crippen MR) is 67.2 cm³/mol. The molecule has 1 aliphatic rings. The third-order valence-electron chi connectivity index (χ3n) is 3.64. The van der Waals surface area contributed by atoms with Crippen LogP contribution in [-0.2, 0) is 16.5 Å². The first-order valence-corrected chi connectivity index (χ1v) is 6.40. The molecule has 0 radical (unpaired) electrons. The Morgan fingerprint density at radius 3 is 2.30 bits per heavy atom. The number of nitrogens with one attached hydrogen (secondary N) is 1. The van der Waals surface area contributed by atoms with Gasteiger partial charge in [-0.25, -0.2) is 4.79 Å². The van der Waals surface area contributed by atoms with Gasteiger partial charge < -0.3 is 5.11 Å². The highest BCUT2D eigenvalue weighted by Gasteiger charge is 2.43. The zero-order valence-electron chi connectivity index (χ0n) is 11.0. The quantitative estimate of drug-likeness (QED) is 0.875. The van der Waals surface area contributed by atoms with Crippen molar-refractivity contribution in [3.63, 3.8) is 0 Å². The van der Waals surface area contributed by atoms with E-state index in [1.165, 1.54) is 25.1 Å². The monoisotopic (exact) mass is 287 g/mol. The first-order valence-electron chi connectivity index (χ1n) is 6.40. The summed E-state index contributed by atoms with van der Waals surface area (Å²) >= 11 is 0. The molecule has 1 aromatic rings. The Balaban J connectivity index is 2.40. The molecule has 6 heteroatoms. The molecule has 0 heterocycles. The van der Waals surface area contributed by atoms with Crippen molar-refractivity contribution >= 4 is 5.97 Å². The van der Waals surface area contributed by atoms with E-state index in [-0.39, 0.29) is 5.56 Å². The molecule has 1 saturated carbocycles. The Kier molecular flexibility index (Phi) is 3.77. The van der Waals surface area contributed by atoms with Crippen molar-refractivity contribution in [2.24, 2.45) is 5.92 Å². The minimum absolute atomic E-state index is 0.249. The van der Waals surface area contributed by atoms with Gasteiger partial charge in [-0.2, -0.15) is 13.2 Å². The molecule has 0 aromatic heterocycles. The van der Waals surface area contributed by atoms with Gasteiger partial charge in [-0.05, 0) is 43.9 Å². The van der Waals surface area contributed by atoms with Crippen molar-refractivity contribution in [1.82, 2.24) is 5.32 Å². The fourth-order valence-electron chi connectivity index (χ4n) is 2.12. The second-order valence-electron chi connectivity index (χ2n) is 5.30. The SMILES string of the molecule is CC(NCC1CC1)(C(=O)O)c1ccccc1C(F)(F)F. The molecule has 1 unspecified atom stereocenters. The predicted octanol–water partition coefficient (Wildman–Crippen LogP) is 3.00. The van der Waals surface area contributed by atoms with Gasteiger partial charge in [-0.1, -0.05) is 18.2 Å². The molecule has 1 fully saturated rings. The summed E-state index contributed by atoms with van der Waals surface area (Å²) in [6, 6.07) is 4.81. The van der Waals surface area contributed by atoms with Crippen molar-refractivity contribution < 1.29 is 23.1 Å². The molecule has 2 N–H and O–H groups in total. The highest BCUT2D eigenvalue weighted by molar-refractivity contribution is 5.81. The molecule has 1 aromatic carbocycles. The first-order chi connectivity index (χ1) is 9.25. The average molecular weight is 287 g/mol. The highest BCUT2D eigenvalue weighted by Crippen LogP contribution is 2.37. The number of halogens is 3. The molecule has 2 rings (SSSR count). The van der Waals surface area contributed by atoms with Crippen molar-refractivity contribution in [3.05, 3.63) is 35.4 Å². The Hall–Kier alpha value is -1.56. The normalized spacial score (nSPS) is 18.6. The number of carboxylic acids is 1. The molecule has 0 bridgehead atoms. The van der Waals surface area contributed by atoms with Crippen LogP contribution in [0.25, 0.3) is 0 Å². The Labute approximate surface area is 114 Å². The molecule has 1 aliphatic carbocycles. The zero-order valence-corrected chi connectivity index (χ0v) is 11.0. The van der Waals surface area contributed by atoms with Gasteiger partial charge in [-0.3, -0.25) is 5.32 Å². The van der Waals surface area contributed by atoms with Crippen molar-refractivity contribution in [3.8, 4) is 0 Å². The molecule has 1 atom stereocenters. The third kappa shape index (κ3) is 2.95. The van der Waals surface area contributed by atoms with Crippen LogP contribution in [0.15, 0.2) is 24.3 Å². The van der Waals surface area contributed by atoms with Crippen LogP contribution in [0.1, 0.15) is 30.9 Å². The van der Waals surface area contributed by atoms with Crippen LogP contribution in [0.2, 0.25) is 0 Å². The molecule has 110 valence electrons. The van der Waals surface area contributed by atoms with E-state index in [9.17, 15) is 23.1 Å². The van der Waals surface area contributed by atoms with Gasteiger partial charge in [0.25, 0.3) is 0 Å². The molecule has 0 aliphatic heterocycles. The number of hydrogen-bond donors (Lipinski definition) is 2. The van der Waals surface area contributed by atoms with Crippen molar-refractivity contribution in [1.29, 1.82) is 0 Å². The van der Waals surface area contributed by atoms with Crippen LogP contribution < -0.4 is 5.32 Å². The number of aliphatic carboxylic acids is 1. The summed E-state index contributed by atoms with van der Waals surface area (Å²) in [4.78, 5) is 11.5. The Morgan fingerprint density at radius 1 is 1.30 bits per heavy atom. The van der Waals surface area contributed by atoms with E-state index in [0.29, 0.717) is 12.5 Å². The lowest BCUT2D eigenvalue weighted by Crippen LogP contribution is -2.48. The van der Waals surface area contributed by atoms with Crippen molar-refractivity contribution in [2.75, 3.05) is 6.54 Å². The van der Waals surface area contributed by atoms with Crippen LogP contribution in [0.5, 0.6) is 0 Å². The van der Waals surface area contributed by atoms with E-state index in [4.69, 9.17) is 0 Å². The van der Waals surface area contributed by atoms with Gasteiger partial charge in [0.05, 0.1) is 5.56 Å². The fraction of sp³-hybridized carbons (Fsp3) is 0.500. The minimum atomic E-state index is -4.57. The van der Waals surface area contributed by atoms with Gasteiger partial charge >= 0.3 is 12.1 Å². The molecular formula is C14H16F3NO2. The lowest BCUT2D eigenvalue weighted by Gasteiger charge is -2.29. The van der Waals surface area contributed by atoms with E-state index in [1.807, 2.05) is 0 Å². The van der Waals surface area contributed by atoms with Gasteiger partial charge in [0.2, 0.25) is 0 Å². The summed E-state index contributed by atoms with van der Waals surface area (Å²) in [6.45, 7) is 1.69. The fourth-order valence-corrected chi connectivity index (χ4v) is 2.12. The van der Waals surface area contributed by atoms with Crippen LogP contribution in [0.4, 0.5) is 13.2 Å². The zero-order chi connectivity index (χ0) is 15.0. The number of carboxylic acid groups (broad SMARTS) is 1. The minimum Gasteiger partial charge on any atom is -0.480 e. The first kappa shape index (κ1) is 14.8. The Bertz CT molecular complexity index is 511. The molecular weight excluding hydrogens is 271 g/mol. The molecule has 0 amide bonds. The van der Waals surface area contributed by atoms with Gasteiger partial charge in [0.15, 0.2) is 0 Å². The van der Waals surface area contributed by atoms with Crippen molar-refractivity contribution in [2.45, 2.75) is 31.5 Å². The second kappa shape index (κ2) is 5.09. The summed E-state index contributed by atoms with van der Waals surface area (Å²) in [5, 5.41) is 12.2. The number of rotatable bonds is 5. The van der Waals surface area contributed by atoms with E-state index in [1.54, 1.807) is 0 Å². The number of hydrogen-bond acceptors (Lipinski definition) is 2. The van der Waals surface area contributed by atoms with E-state index < -0.39 is 23.2 Å². The smallest absolute Gasteiger partial charge is 0.416 e. The molecule has 0 saturated heterocycles. The van der Waals surface area contributed by atoms with Crippen LogP contribution in [-0.4, -0.2) is 17.6 Å². The van der Waals surface area contributed by atoms with E-state index in [2.05, 4.69) is 5.32 Å². The second-order valence-corrected chi connectivity index (χ2v) is 5.30. The average Bonchev–Trinajstić information content (AvgIpc) is 3.18. The number of benzene rings is 1. The number of carbonyl (C=O) groups is 1. The lowest BCUT2D eigenvalue weighted by atomic mass is 9.87. The maximum atomic E-state index is 13.0. The summed E-state index contributed by atoms with van der Waals surface area (Å²) in [5.41, 5.74) is -2.90. The number of alkyl halides is 3. The standard InChI is InChI=1S/C14H16F3NO2/c1-13(12(19)20,18-8-9-6-7-9)10-4-2-3-5-11(10)14(15,16)17/h2-5,9,18H,6-8H2,1H3,(H,19,20). The van der Waals surface area contributed by atoms with Crippen LogP contribution >= 0.6 is 0 Å². The summed E-state index contributed by atoms with van der Waals surface area (Å²) in [6.07, 6.45) is -2.60. The van der Waals surface area contributed by atoms with E-state index in [0.717, 1.165) is 18.9 Å². The van der Waals surface area contributed by atoms with Gasteiger partial charge in [-0.15, -0.1) is 0 Å². The van der Waals surface area contributed by atoms with Crippen LogP contribution in [0, 0.1) is 5.92 Å². The lowest BCUT2D eigenvalue weighted by molar-refractivity contribution is -0.147. The summed E-state index contributed by atoms with van der Waals surface area (Å²) < 4.78 is 39.1. The largest absolute Gasteiger partial charge is 0.480 e. The topological polar surface area (TPSA) is 49.3 Å². The molecule has 20 heavy (non-hydrogen) atoms. The van der Waals surface area contributed by atoms with Gasteiger partial charge in [0.1, 0.15) is 5.54 Å². The maximum Gasteiger partial charge on any atom is 0.416 e. The third-order valence-corrected chi connectivity index (χ3v) is 3.64. The maximum absolute atomic E-state index is 13.0. The molecule has 0 spiro atoms. The van der Waals surface area contributed by atoms with Gasteiger partial charge in [0, 0.05) is 0 Å². The van der Waals surface area contributed by atoms with E-state index >= 15 is 0 Å². The summed E-state index contributed by atoms with van der Waals surface area (Å²) in [5.74, 6) is -0.943.